The van der Waals surface area contributed by atoms with Crippen LogP contribution < -0.4 is 11.1 Å². The summed E-state index contributed by atoms with van der Waals surface area (Å²) in [4.78, 5) is 12.0. The van der Waals surface area contributed by atoms with Gasteiger partial charge >= 0.3 is 0 Å². The molecule has 86 valence electrons. The van der Waals surface area contributed by atoms with Crippen LogP contribution >= 0.6 is 24.0 Å². The molecule has 0 radical (unpaired) electrons. The Bertz CT molecular complexity index is 260. The van der Waals surface area contributed by atoms with E-state index in [1.54, 1.807) is 13.8 Å². The van der Waals surface area contributed by atoms with Crippen molar-refractivity contribution in [1.29, 1.82) is 0 Å². The second kappa shape index (κ2) is 5.16. The Morgan fingerprint density at radius 2 is 2.33 bits per heavy atom. The lowest BCUT2D eigenvalue weighted by Crippen LogP contribution is -2.46. The van der Waals surface area contributed by atoms with E-state index in [1.807, 2.05) is 11.8 Å². The zero-order valence-corrected chi connectivity index (χ0v) is 10.8. The molecule has 0 aliphatic carbocycles. The van der Waals surface area contributed by atoms with Crippen LogP contribution in [0.5, 0.6) is 0 Å². The van der Waals surface area contributed by atoms with Gasteiger partial charge in [-0.2, -0.15) is 11.8 Å². The quantitative estimate of drug-likeness (QED) is 0.731. The fourth-order valence-corrected chi connectivity index (χ4v) is 2.69. The van der Waals surface area contributed by atoms with Gasteiger partial charge in [0.15, 0.2) is 0 Å². The van der Waals surface area contributed by atoms with Gasteiger partial charge in [0.05, 0.1) is 10.4 Å². The van der Waals surface area contributed by atoms with Crippen molar-refractivity contribution in [2.24, 2.45) is 17.1 Å². The zero-order valence-electron chi connectivity index (χ0n) is 9.21. The van der Waals surface area contributed by atoms with Crippen LogP contribution in [0.1, 0.15) is 20.3 Å². The highest BCUT2D eigenvalue weighted by Gasteiger charge is 2.31. The molecule has 5 heteroatoms. The Labute approximate surface area is 101 Å². The Kier molecular flexibility index (Phi) is 4.40. The second-order valence-electron chi connectivity index (χ2n) is 4.43. The second-order valence-corrected chi connectivity index (χ2v) is 6.02. The number of hydrogen-bond acceptors (Lipinski definition) is 3. The SMILES string of the molecule is CC(C)(C(=O)NCC1CCSC1)C(N)=S. The summed E-state index contributed by atoms with van der Waals surface area (Å²) < 4.78 is 0. The summed E-state index contributed by atoms with van der Waals surface area (Å²) in [6.07, 6.45) is 1.19. The molecule has 1 aliphatic rings. The van der Waals surface area contributed by atoms with Crippen LogP contribution in [-0.4, -0.2) is 28.9 Å². The van der Waals surface area contributed by atoms with Crippen molar-refractivity contribution in [1.82, 2.24) is 5.32 Å². The molecule has 0 spiro atoms. The van der Waals surface area contributed by atoms with Gasteiger partial charge in [-0.1, -0.05) is 12.2 Å². The molecular formula is C10H18N2OS2. The largest absolute Gasteiger partial charge is 0.392 e. The van der Waals surface area contributed by atoms with Crippen LogP contribution in [0, 0.1) is 11.3 Å². The van der Waals surface area contributed by atoms with Crippen molar-refractivity contribution < 1.29 is 4.79 Å². The highest BCUT2D eigenvalue weighted by molar-refractivity contribution is 7.99. The van der Waals surface area contributed by atoms with E-state index in [9.17, 15) is 4.79 Å². The van der Waals surface area contributed by atoms with Crippen LogP contribution in [-0.2, 0) is 4.79 Å². The van der Waals surface area contributed by atoms with Crippen molar-refractivity contribution in [3.8, 4) is 0 Å². The van der Waals surface area contributed by atoms with Crippen LogP contribution in [0.25, 0.3) is 0 Å². The van der Waals surface area contributed by atoms with Gasteiger partial charge < -0.3 is 11.1 Å². The van der Waals surface area contributed by atoms with Crippen molar-refractivity contribution in [3.63, 3.8) is 0 Å². The van der Waals surface area contributed by atoms with E-state index < -0.39 is 5.41 Å². The Morgan fingerprint density at radius 3 is 2.80 bits per heavy atom. The van der Waals surface area contributed by atoms with E-state index in [1.165, 1.54) is 12.2 Å². The van der Waals surface area contributed by atoms with E-state index in [0.29, 0.717) is 5.92 Å². The maximum Gasteiger partial charge on any atom is 0.232 e. The molecule has 1 heterocycles. The molecule has 0 saturated carbocycles. The molecule has 1 amide bonds. The molecule has 1 aliphatic heterocycles. The molecule has 3 nitrogen and oxygen atoms in total. The number of carbonyl (C=O) groups is 1. The summed E-state index contributed by atoms with van der Waals surface area (Å²) in [7, 11) is 0. The number of carbonyl (C=O) groups excluding carboxylic acids is 1. The van der Waals surface area contributed by atoms with Crippen LogP contribution in [0.4, 0.5) is 0 Å². The van der Waals surface area contributed by atoms with Crippen LogP contribution in [0.15, 0.2) is 0 Å². The Hall–Kier alpha value is -0.290. The molecule has 1 fully saturated rings. The standard InChI is InChI=1S/C10H18N2OS2/c1-10(2,8(11)14)9(13)12-5-7-3-4-15-6-7/h7H,3-6H2,1-2H3,(H2,11,14)(H,12,13). The molecule has 0 aromatic rings. The minimum atomic E-state index is -0.735. The lowest BCUT2D eigenvalue weighted by Gasteiger charge is -2.22. The van der Waals surface area contributed by atoms with E-state index in [4.69, 9.17) is 18.0 Å². The summed E-state index contributed by atoms with van der Waals surface area (Å²) in [6.45, 7) is 4.26. The summed E-state index contributed by atoms with van der Waals surface area (Å²) in [6, 6.07) is 0. The average Bonchev–Trinajstić information content (AvgIpc) is 2.66. The predicted octanol–water partition coefficient (Wildman–Crippen LogP) is 1.17. The number of thioether (sulfide) groups is 1. The molecule has 3 N–H and O–H groups in total. The molecular weight excluding hydrogens is 228 g/mol. The van der Waals surface area contributed by atoms with Crippen LogP contribution in [0.2, 0.25) is 0 Å². The maximum absolute atomic E-state index is 11.8. The fraction of sp³-hybridized carbons (Fsp3) is 0.800. The highest BCUT2D eigenvalue weighted by atomic mass is 32.2. The van der Waals surface area contributed by atoms with Gasteiger partial charge in [0.25, 0.3) is 0 Å². The van der Waals surface area contributed by atoms with Crippen LogP contribution in [0.3, 0.4) is 0 Å². The lowest BCUT2D eigenvalue weighted by molar-refractivity contribution is -0.126. The first kappa shape index (κ1) is 12.8. The first-order chi connectivity index (χ1) is 6.94. The van der Waals surface area contributed by atoms with Gasteiger partial charge in [0.1, 0.15) is 0 Å². The van der Waals surface area contributed by atoms with E-state index in [2.05, 4.69) is 5.32 Å². The van der Waals surface area contributed by atoms with Gasteiger partial charge in [-0.3, -0.25) is 4.79 Å². The topological polar surface area (TPSA) is 55.1 Å². The Morgan fingerprint density at radius 1 is 1.67 bits per heavy atom. The molecule has 1 atom stereocenters. The van der Waals surface area contributed by atoms with Gasteiger partial charge in [-0.15, -0.1) is 0 Å². The molecule has 1 unspecified atom stereocenters. The normalized spacial score (nSPS) is 21.3. The predicted molar refractivity (Wildman–Crippen MR) is 69.0 cm³/mol. The first-order valence-electron chi connectivity index (χ1n) is 5.10. The zero-order chi connectivity index (χ0) is 11.5. The van der Waals surface area contributed by atoms with Gasteiger partial charge in [-0.25, -0.2) is 0 Å². The van der Waals surface area contributed by atoms with E-state index in [-0.39, 0.29) is 10.9 Å². The number of nitrogens with one attached hydrogen (secondary N) is 1. The number of hydrogen-bond donors (Lipinski definition) is 2. The van der Waals surface area contributed by atoms with Crippen molar-refractivity contribution in [2.45, 2.75) is 20.3 Å². The van der Waals surface area contributed by atoms with Crippen molar-refractivity contribution in [3.05, 3.63) is 0 Å². The number of rotatable bonds is 4. The van der Waals surface area contributed by atoms with Gasteiger partial charge in [0, 0.05) is 6.54 Å². The molecule has 0 aromatic heterocycles. The third-order valence-corrected chi connectivity index (χ3v) is 4.50. The molecule has 0 aromatic carbocycles. The number of amides is 1. The maximum atomic E-state index is 11.8. The Balaban J connectivity index is 2.38. The molecule has 1 saturated heterocycles. The third kappa shape index (κ3) is 3.34. The molecule has 15 heavy (non-hydrogen) atoms. The third-order valence-electron chi connectivity index (χ3n) is 2.76. The minimum absolute atomic E-state index is 0.0631. The van der Waals surface area contributed by atoms with Gasteiger partial charge in [0.2, 0.25) is 5.91 Å². The average molecular weight is 246 g/mol. The number of thiocarbonyl (C=S) groups is 1. The summed E-state index contributed by atoms with van der Waals surface area (Å²) in [5.41, 5.74) is 4.79. The van der Waals surface area contributed by atoms with E-state index in [0.717, 1.165) is 12.3 Å². The summed E-state index contributed by atoms with van der Waals surface area (Å²) >= 11 is 6.82. The molecule has 1 rings (SSSR count). The van der Waals surface area contributed by atoms with Gasteiger partial charge in [-0.05, 0) is 37.7 Å². The summed E-state index contributed by atoms with van der Waals surface area (Å²) in [5.74, 6) is 2.90. The fourth-order valence-electron chi connectivity index (χ4n) is 1.31. The molecule has 0 bridgehead atoms. The smallest absolute Gasteiger partial charge is 0.232 e. The number of nitrogens with two attached hydrogens (primary N) is 1. The minimum Gasteiger partial charge on any atom is -0.392 e. The highest BCUT2D eigenvalue weighted by Crippen LogP contribution is 2.23. The monoisotopic (exact) mass is 246 g/mol. The lowest BCUT2D eigenvalue weighted by atomic mass is 9.92. The van der Waals surface area contributed by atoms with Crippen molar-refractivity contribution >= 4 is 34.9 Å². The van der Waals surface area contributed by atoms with Crippen molar-refractivity contribution in [2.75, 3.05) is 18.1 Å². The van der Waals surface area contributed by atoms with E-state index >= 15 is 0 Å². The first-order valence-corrected chi connectivity index (χ1v) is 6.67. The summed E-state index contributed by atoms with van der Waals surface area (Å²) in [5, 5.41) is 2.93.